The topological polar surface area (TPSA) is 46.5 Å². The van der Waals surface area contributed by atoms with Crippen LogP contribution < -0.4 is 4.74 Å². The molecule has 76 valence electrons. The van der Waals surface area contributed by atoms with Gasteiger partial charge in [0.2, 0.25) is 0 Å². The van der Waals surface area contributed by atoms with E-state index in [-0.39, 0.29) is 13.0 Å². The zero-order valence-electron chi connectivity index (χ0n) is 7.79. The lowest BCUT2D eigenvalue weighted by molar-refractivity contribution is -0.137. The maximum atomic E-state index is 10.2. The summed E-state index contributed by atoms with van der Waals surface area (Å²) >= 11 is 5.94. The zero-order chi connectivity index (χ0) is 10.6. The third-order valence-electron chi connectivity index (χ3n) is 1.73. The van der Waals surface area contributed by atoms with Crippen molar-refractivity contribution < 1.29 is 14.6 Å². The number of ether oxygens (including phenoxy) is 1. The Kier molecular flexibility index (Phi) is 3.77. The van der Waals surface area contributed by atoms with Crippen molar-refractivity contribution in [1.82, 2.24) is 0 Å². The monoisotopic (exact) mass is 214 g/mol. The molecule has 1 aromatic carbocycles. The summed E-state index contributed by atoms with van der Waals surface area (Å²) in [5, 5.41) is 8.94. The highest BCUT2D eigenvalue weighted by atomic mass is 35.5. The Morgan fingerprint density at radius 3 is 2.93 bits per heavy atom. The van der Waals surface area contributed by atoms with Crippen LogP contribution in [0.4, 0.5) is 0 Å². The Hall–Kier alpha value is -1.22. The fourth-order valence-corrected chi connectivity index (χ4v) is 1.16. The van der Waals surface area contributed by atoms with Crippen molar-refractivity contribution in [3.05, 3.63) is 28.8 Å². The van der Waals surface area contributed by atoms with Crippen LogP contribution >= 0.6 is 11.6 Å². The summed E-state index contributed by atoms with van der Waals surface area (Å²) in [6.45, 7) is 2.00. The second kappa shape index (κ2) is 4.86. The van der Waals surface area contributed by atoms with Gasteiger partial charge in [-0.25, -0.2) is 0 Å². The molecule has 1 N–H and O–H groups in total. The number of rotatable bonds is 4. The first-order valence-corrected chi connectivity index (χ1v) is 4.59. The van der Waals surface area contributed by atoms with Crippen molar-refractivity contribution in [3.8, 4) is 5.75 Å². The first-order chi connectivity index (χ1) is 6.61. The van der Waals surface area contributed by atoms with Crippen LogP contribution in [0.1, 0.15) is 12.0 Å². The molecule has 1 aromatic rings. The summed E-state index contributed by atoms with van der Waals surface area (Å²) in [6.07, 6.45) is -0.0235. The fourth-order valence-electron chi connectivity index (χ4n) is 0.980. The molecule has 0 fully saturated rings. The van der Waals surface area contributed by atoms with E-state index in [0.717, 1.165) is 5.56 Å². The Labute approximate surface area is 87.3 Å². The van der Waals surface area contributed by atoms with Gasteiger partial charge in [0.05, 0.1) is 18.1 Å². The predicted octanol–water partition coefficient (Wildman–Crippen LogP) is 2.50. The van der Waals surface area contributed by atoms with E-state index in [9.17, 15) is 4.79 Å². The lowest BCUT2D eigenvalue weighted by atomic mass is 10.2. The minimum absolute atomic E-state index is 0.0235. The van der Waals surface area contributed by atoms with E-state index >= 15 is 0 Å². The maximum absolute atomic E-state index is 10.2. The molecule has 0 aliphatic rings. The normalized spacial score (nSPS) is 9.86. The summed E-state index contributed by atoms with van der Waals surface area (Å²) in [7, 11) is 0. The molecule has 0 aliphatic heterocycles. The summed E-state index contributed by atoms with van der Waals surface area (Å²) in [5.41, 5.74) is 0.916. The highest BCUT2D eigenvalue weighted by Gasteiger charge is 2.04. The average Bonchev–Trinajstić information content (AvgIpc) is 2.12. The second-order valence-corrected chi connectivity index (χ2v) is 3.26. The molecule has 0 spiro atoms. The van der Waals surface area contributed by atoms with Gasteiger partial charge in [0, 0.05) is 0 Å². The van der Waals surface area contributed by atoms with Crippen molar-refractivity contribution in [1.29, 1.82) is 0 Å². The third kappa shape index (κ3) is 2.92. The SMILES string of the molecule is Cc1cccc(OCCC(=O)O)c1Cl. The van der Waals surface area contributed by atoms with E-state index in [1.165, 1.54) is 0 Å². The van der Waals surface area contributed by atoms with Crippen molar-refractivity contribution >= 4 is 17.6 Å². The van der Waals surface area contributed by atoms with Gasteiger partial charge in [0.15, 0.2) is 0 Å². The number of carbonyl (C=O) groups is 1. The molecule has 0 radical (unpaired) electrons. The van der Waals surface area contributed by atoms with Gasteiger partial charge in [-0.05, 0) is 18.6 Å². The first-order valence-electron chi connectivity index (χ1n) is 4.21. The summed E-state index contributed by atoms with van der Waals surface area (Å²) in [5.74, 6) is -0.346. The van der Waals surface area contributed by atoms with Crippen molar-refractivity contribution in [3.63, 3.8) is 0 Å². The summed E-state index contributed by atoms with van der Waals surface area (Å²) < 4.78 is 5.22. The molecule has 4 heteroatoms. The maximum Gasteiger partial charge on any atom is 0.306 e. The van der Waals surface area contributed by atoms with Crippen LogP contribution in [0, 0.1) is 6.92 Å². The lowest BCUT2D eigenvalue weighted by Gasteiger charge is -2.07. The molecule has 0 aliphatic carbocycles. The molecule has 0 saturated carbocycles. The van der Waals surface area contributed by atoms with Crippen LogP contribution in [0.3, 0.4) is 0 Å². The Morgan fingerprint density at radius 2 is 2.29 bits per heavy atom. The van der Waals surface area contributed by atoms with Crippen molar-refractivity contribution in [2.45, 2.75) is 13.3 Å². The van der Waals surface area contributed by atoms with Gasteiger partial charge in [0.1, 0.15) is 5.75 Å². The Bertz CT molecular complexity index is 336. The van der Waals surface area contributed by atoms with Crippen LogP contribution in [-0.4, -0.2) is 17.7 Å². The highest BCUT2D eigenvalue weighted by Crippen LogP contribution is 2.27. The van der Waals surface area contributed by atoms with E-state index in [0.29, 0.717) is 10.8 Å². The number of carboxylic acids is 1. The largest absolute Gasteiger partial charge is 0.491 e. The molecule has 0 bridgehead atoms. The van der Waals surface area contributed by atoms with Crippen LogP contribution in [0.15, 0.2) is 18.2 Å². The number of aliphatic carboxylic acids is 1. The standard InChI is InChI=1S/C10H11ClO3/c1-7-3-2-4-8(10(7)11)14-6-5-9(12)13/h2-4H,5-6H2,1H3,(H,12,13). The molecule has 14 heavy (non-hydrogen) atoms. The number of halogens is 1. The van der Waals surface area contributed by atoms with E-state index in [2.05, 4.69) is 0 Å². The second-order valence-electron chi connectivity index (χ2n) is 2.88. The number of aryl methyl sites for hydroxylation is 1. The molecule has 0 amide bonds. The van der Waals surface area contributed by atoms with Crippen LogP contribution in [0.5, 0.6) is 5.75 Å². The van der Waals surface area contributed by atoms with Crippen molar-refractivity contribution in [2.75, 3.05) is 6.61 Å². The van der Waals surface area contributed by atoms with Gasteiger partial charge in [-0.1, -0.05) is 23.7 Å². The number of benzene rings is 1. The number of hydrogen-bond acceptors (Lipinski definition) is 2. The first kappa shape index (κ1) is 10.9. The molecule has 0 unspecified atom stereocenters. The minimum atomic E-state index is -0.881. The quantitative estimate of drug-likeness (QED) is 0.838. The number of hydrogen-bond donors (Lipinski definition) is 1. The van der Waals surface area contributed by atoms with Gasteiger partial charge in [-0.3, -0.25) is 4.79 Å². The Morgan fingerprint density at radius 1 is 1.57 bits per heavy atom. The molecule has 0 saturated heterocycles. The molecule has 3 nitrogen and oxygen atoms in total. The molecule has 0 atom stereocenters. The summed E-state index contributed by atoms with van der Waals surface area (Å²) in [6, 6.07) is 5.40. The molecule has 0 heterocycles. The molecule has 1 rings (SSSR count). The van der Waals surface area contributed by atoms with E-state index in [4.69, 9.17) is 21.4 Å². The molecular formula is C10H11ClO3. The van der Waals surface area contributed by atoms with Crippen LogP contribution in [0.25, 0.3) is 0 Å². The van der Waals surface area contributed by atoms with Crippen LogP contribution in [-0.2, 0) is 4.79 Å². The van der Waals surface area contributed by atoms with E-state index < -0.39 is 5.97 Å². The highest BCUT2D eigenvalue weighted by molar-refractivity contribution is 6.32. The lowest BCUT2D eigenvalue weighted by Crippen LogP contribution is -2.05. The smallest absolute Gasteiger partial charge is 0.306 e. The molecular weight excluding hydrogens is 204 g/mol. The predicted molar refractivity (Wildman–Crippen MR) is 53.9 cm³/mol. The molecule has 0 aromatic heterocycles. The number of carboxylic acid groups (broad SMARTS) is 1. The average molecular weight is 215 g/mol. The van der Waals surface area contributed by atoms with Gasteiger partial charge in [-0.15, -0.1) is 0 Å². The summed E-state index contributed by atoms with van der Waals surface area (Å²) in [4.78, 5) is 10.2. The Balaban J connectivity index is 2.59. The van der Waals surface area contributed by atoms with Gasteiger partial charge in [-0.2, -0.15) is 0 Å². The van der Waals surface area contributed by atoms with Crippen LogP contribution in [0.2, 0.25) is 5.02 Å². The van der Waals surface area contributed by atoms with Gasteiger partial charge < -0.3 is 9.84 Å². The zero-order valence-corrected chi connectivity index (χ0v) is 8.54. The minimum Gasteiger partial charge on any atom is -0.491 e. The van der Waals surface area contributed by atoms with Gasteiger partial charge in [0.25, 0.3) is 0 Å². The van der Waals surface area contributed by atoms with Crippen molar-refractivity contribution in [2.24, 2.45) is 0 Å². The fraction of sp³-hybridized carbons (Fsp3) is 0.300. The van der Waals surface area contributed by atoms with Gasteiger partial charge >= 0.3 is 5.97 Å². The third-order valence-corrected chi connectivity index (χ3v) is 2.21. The van der Waals surface area contributed by atoms with E-state index in [1.807, 2.05) is 19.1 Å². The van der Waals surface area contributed by atoms with E-state index in [1.54, 1.807) is 6.07 Å².